The van der Waals surface area contributed by atoms with Gasteiger partial charge in [-0.3, -0.25) is 39.0 Å². The number of alkyl halides is 3. The van der Waals surface area contributed by atoms with Crippen LogP contribution in [0, 0.1) is 5.82 Å². The van der Waals surface area contributed by atoms with Gasteiger partial charge in [0.2, 0.25) is 29.2 Å². The highest BCUT2D eigenvalue weighted by atomic mass is 19.4. The van der Waals surface area contributed by atoms with Crippen molar-refractivity contribution in [3.05, 3.63) is 94.3 Å². The van der Waals surface area contributed by atoms with Gasteiger partial charge in [0.05, 0.1) is 0 Å². The third kappa shape index (κ3) is 10.9. The monoisotopic (exact) mass is 934 g/mol. The number of amides is 7. The van der Waals surface area contributed by atoms with Crippen molar-refractivity contribution < 1.29 is 61.0 Å². The number of aliphatic hydroxyl groups excluding tert-OH is 1. The Kier molecular flexibility index (Phi) is 15.0. The van der Waals surface area contributed by atoms with Crippen LogP contribution in [0.5, 0.6) is 0 Å². The number of nitrogens with zero attached hydrogens (tertiary/aromatic N) is 3. The summed E-state index contributed by atoms with van der Waals surface area (Å²) in [6.45, 7) is -0.0346. The number of hydrogen-bond acceptors (Lipinski definition) is 10. The van der Waals surface area contributed by atoms with E-state index in [0.29, 0.717) is 63.5 Å². The number of halogens is 4. The third-order valence-electron chi connectivity index (χ3n) is 13.0. The summed E-state index contributed by atoms with van der Waals surface area (Å²) >= 11 is 0. The summed E-state index contributed by atoms with van der Waals surface area (Å²) in [6, 6.07) is 11.4. The number of anilines is 2. The summed E-state index contributed by atoms with van der Waals surface area (Å²) in [5.41, 5.74) is 1.50. The summed E-state index contributed by atoms with van der Waals surface area (Å²) < 4.78 is 60.5. The molecule has 1 aliphatic carbocycles. The van der Waals surface area contributed by atoms with E-state index in [1.807, 2.05) is 0 Å². The Labute approximate surface area is 384 Å². The van der Waals surface area contributed by atoms with Crippen LogP contribution in [-0.2, 0) is 47.3 Å². The molecule has 0 aromatic heterocycles. The van der Waals surface area contributed by atoms with Gasteiger partial charge < -0.3 is 25.4 Å². The minimum absolute atomic E-state index is 0.0501. The Hall–Kier alpha value is -6.37. The quantitative estimate of drug-likeness (QED) is 0.0515. The van der Waals surface area contributed by atoms with Gasteiger partial charge in [0.1, 0.15) is 24.4 Å². The number of nitrogens with one attached hydrogen (secondary N) is 3. The molecule has 358 valence electrons. The first-order valence-electron chi connectivity index (χ1n) is 22.8. The fourth-order valence-electron chi connectivity index (χ4n) is 9.20. The summed E-state index contributed by atoms with van der Waals surface area (Å²) in [5, 5.41) is 19.2. The van der Waals surface area contributed by atoms with Crippen LogP contribution in [-0.4, -0.2) is 92.7 Å². The number of carbonyl (C=O) groups excluding carboxylic acids is 7. The molecule has 15 nitrogen and oxygen atoms in total. The average Bonchev–Trinajstić information content (AvgIpc) is 3.86. The van der Waals surface area contributed by atoms with Crippen molar-refractivity contribution in [1.82, 2.24) is 20.0 Å². The van der Waals surface area contributed by atoms with Crippen LogP contribution in [0.3, 0.4) is 0 Å². The first-order valence-corrected chi connectivity index (χ1v) is 22.8. The summed E-state index contributed by atoms with van der Waals surface area (Å²) in [7, 11) is 0. The lowest BCUT2D eigenvalue weighted by atomic mass is 9.94. The lowest BCUT2D eigenvalue weighted by Crippen LogP contribution is -2.53. The van der Waals surface area contributed by atoms with Crippen LogP contribution < -0.4 is 16.0 Å². The van der Waals surface area contributed by atoms with Crippen molar-refractivity contribution in [1.29, 1.82) is 0 Å². The van der Waals surface area contributed by atoms with E-state index < -0.39 is 84.6 Å². The molecule has 3 aromatic rings. The molecule has 7 amide bonds. The molecule has 4 atom stereocenters. The number of aryl methyl sites for hydroxylation is 1. The molecule has 4 N–H and O–H groups in total. The summed E-state index contributed by atoms with van der Waals surface area (Å²) in [4.78, 5) is 92.1. The molecular weight excluding hydrogens is 881 g/mol. The van der Waals surface area contributed by atoms with Crippen LogP contribution in [0.1, 0.15) is 129 Å². The van der Waals surface area contributed by atoms with E-state index in [9.17, 15) is 56.2 Å². The zero-order valence-corrected chi connectivity index (χ0v) is 37.1. The summed E-state index contributed by atoms with van der Waals surface area (Å²) in [6.07, 6.45) is 2.52. The zero-order chi connectivity index (χ0) is 48.0. The molecule has 7 rings (SSSR count). The van der Waals surface area contributed by atoms with Crippen LogP contribution in [0.25, 0.3) is 0 Å². The highest BCUT2D eigenvalue weighted by molar-refractivity contribution is 6.07. The molecule has 0 radical (unpaired) electrons. The second kappa shape index (κ2) is 20.7. The molecule has 3 aromatic carbocycles. The van der Waals surface area contributed by atoms with Gasteiger partial charge in [0, 0.05) is 60.4 Å². The van der Waals surface area contributed by atoms with E-state index in [4.69, 9.17) is 4.74 Å². The Balaban J connectivity index is 0.775. The molecule has 2 fully saturated rings. The van der Waals surface area contributed by atoms with E-state index in [2.05, 4.69) is 16.0 Å². The normalized spacial score (nSPS) is 20.5. The predicted molar refractivity (Wildman–Crippen MR) is 234 cm³/mol. The van der Waals surface area contributed by atoms with Crippen molar-refractivity contribution in [3.8, 4) is 0 Å². The minimum atomic E-state index is -4.82. The molecule has 3 aliphatic heterocycles. The van der Waals surface area contributed by atoms with E-state index in [1.54, 1.807) is 36.4 Å². The largest absolute Gasteiger partial charge is 0.427 e. The second-order valence-corrected chi connectivity index (χ2v) is 17.6. The molecule has 2 unspecified atom stereocenters. The van der Waals surface area contributed by atoms with Crippen LogP contribution >= 0.6 is 0 Å². The molecule has 0 bridgehead atoms. The van der Waals surface area contributed by atoms with Crippen molar-refractivity contribution in [2.75, 3.05) is 23.7 Å². The third-order valence-corrected chi connectivity index (χ3v) is 13.0. The maximum absolute atomic E-state index is 13.8. The van der Waals surface area contributed by atoms with E-state index in [0.717, 1.165) is 81.0 Å². The Morgan fingerprint density at radius 1 is 0.896 bits per heavy atom. The smallest absolute Gasteiger partial charge is 0.418 e. The number of hydrogen-bond donors (Lipinski definition) is 4. The van der Waals surface area contributed by atoms with Crippen molar-refractivity contribution in [2.24, 2.45) is 0 Å². The number of unbranched alkanes of at least 4 members (excludes halogenated alkanes) is 8. The molecule has 2 saturated heterocycles. The number of benzene rings is 3. The lowest BCUT2D eigenvalue weighted by molar-refractivity contribution is -0.187. The second-order valence-electron chi connectivity index (χ2n) is 17.6. The highest BCUT2D eigenvalue weighted by Gasteiger charge is 2.59. The van der Waals surface area contributed by atoms with Crippen LogP contribution in [0.4, 0.5) is 33.7 Å². The molecule has 19 heteroatoms. The van der Waals surface area contributed by atoms with Gasteiger partial charge in [-0.1, -0.05) is 69.2 Å². The minimum Gasteiger partial charge on any atom is -0.427 e. The molecular formula is C48H54F4N6O9. The number of rotatable bonds is 20. The topological polar surface area (TPSA) is 195 Å². The summed E-state index contributed by atoms with van der Waals surface area (Å²) in [5.74, 6) is -4.21. The maximum atomic E-state index is 13.8. The SMILES string of the molecule is C[C@H](N(Cc1ccc(F)cc1)C(=O)CN1C(=O)O[C@@]2(CCc3cc(NC(=O)CCCCCCCCCCCNc4ccc5c(c4)C(=O)N(C4CCC(=O)NC4=O)C5O)ccc32)C1=O)C(F)(F)F. The predicted octanol–water partition coefficient (Wildman–Crippen LogP) is 7.13. The Morgan fingerprint density at radius 2 is 1.57 bits per heavy atom. The number of imide groups is 2. The Morgan fingerprint density at radius 3 is 2.25 bits per heavy atom. The standard InChI is InChI=1S/C48H54F4N6O9/c1-29(48(50,51)52)56(27-30-12-14-32(49)15-13-30)41(61)28-57-45(65)47(67-46(57)66)23-22-31-25-34(17-19-37(31)47)54-39(59)11-9-7-5-3-2-4-6-8-10-24-53-33-16-18-35-36(26-33)44(64)58(43(35)63)38-20-21-40(60)55-42(38)62/h12-19,25-26,29,38,43,53,63H,2-11,20-24,27-28H2,1H3,(H,54,59)(H,55,60,62)/t29-,38?,43?,47+/m0/s1. The van der Waals surface area contributed by atoms with Crippen LogP contribution in [0.2, 0.25) is 0 Å². The van der Waals surface area contributed by atoms with Gasteiger partial charge in [-0.2, -0.15) is 13.2 Å². The van der Waals surface area contributed by atoms with Gasteiger partial charge in [0.15, 0.2) is 6.23 Å². The Bertz CT molecular complexity index is 2400. The number of ether oxygens (including phenoxy) is 1. The van der Waals surface area contributed by atoms with Crippen molar-refractivity contribution in [2.45, 2.75) is 133 Å². The number of aliphatic hydroxyl groups is 1. The first kappa shape index (κ1) is 48.6. The highest BCUT2D eigenvalue weighted by Crippen LogP contribution is 2.46. The van der Waals surface area contributed by atoms with Gasteiger partial charge in [-0.25, -0.2) is 14.1 Å². The van der Waals surface area contributed by atoms with E-state index in [1.165, 1.54) is 12.1 Å². The van der Waals surface area contributed by atoms with Crippen molar-refractivity contribution in [3.63, 3.8) is 0 Å². The van der Waals surface area contributed by atoms with Gasteiger partial charge >= 0.3 is 12.3 Å². The average molecular weight is 935 g/mol. The first-order chi connectivity index (χ1) is 32.0. The molecule has 4 aliphatic rings. The molecule has 3 heterocycles. The number of carbonyl (C=O) groups is 7. The number of piperidine rings is 1. The molecule has 0 saturated carbocycles. The molecule has 1 spiro atoms. The zero-order valence-electron chi connectivity index (χ0n) is 37.1. The lowest BCUT2D eigenvalue weighted by Gasteiger charge is -2.31. The number of fused-ring (bicyclic) bond motifs is 3. The fraction of sp³-hybridized carbons (Fsp3) is 0.479. The maximum Gasteiger partial charge on any atom is 0.418 e. The van der Waals surface area contributed by atoms with Crippen molar-refractivity contribution >= 4 is 52.9 Å². The molecule has 67 heavy (non-hydrogen) atoms. The van der Waals surface area contributed by atoms with Crippen LogP contribution in [0.15, 0.2) is 60.7 Å². The van der Waals surface area contributed by atoms with E-state index >= 15 is 0 Å². The fourth-order valence-corrected chi connectivity index (χ4v) is 9.20. The van der Waals surface area contributed by atoms with E-state index in [-0.39, 0.29) is 30.7 Å². The van der Waals surface area contributed by atoms with Gasteiger partial charge in [-0.05, 0) is 80.1 Å². The van der Waals surface area contributed by atoms with Gasteiger partial charge in [-0.15, -0.1) is 0 Å². The van der Waals surface area contributed by atoms with Gasteiger partial charge in [0.25, 0.3) is 11.8 Å².